The first kappa shape index (κ1) is 12.2. The third kappa shape index (κ3) is 2.36. The summed E-state index contributed by atoms with van der Waals surface area (Å²) in [6, 6.07) is 14.2. The molecule has 0 saturated heterocycles. The van der Waals surface area contributed by atoms with Crippen LogP contribution in [0.5, 0.6) is 0 Å². The Morgan fingerprint density at radius 3 is 2.79 bits per heavy atom. The fraction of sp³-hybridized carbons (Fsp3) is 0.133. The van der Waals surface area contributed by atoms with Crippen molar-refractivity contribution in [3.8, 4) is 0 Å². The molecule has 1 aromatic carbocycles. The molecule has 0 radical (unpaired) electrons. The lowest BCUT2D eigenvalue weighted by Crippen LogP contribution is -2.04. The summed E-state index contributed by atoms with van der Waals surface area (Å²) in [5.74, 6) is 0. The van der Waals surface area contributed by atoms with Crippen molar-refractivity contribution in [3.63, 3.8) is 0 Å². The van der Waals surface area contributed by atoms with E-state index in [9.17, 15) is 0 Å². The van der Waals surface area contributed by atoms with Gasteiger partial charge in [0.1, 0.15) is 5.65 Å². The molecule has 0 saturated carbocycles. The number of imidazole rings is 1. The van der Waals surface area contributed by atoms with Gasteiger partial charge in [0.25, 0.3) is 0 Å². The minimum Gasteiger partial charge on any atom is -0.378 e. The molecule has 0 atom stereocenters. The number of halogens is 1. The molecule has 1 N–H and O–H groups in total. The van der Waals surface area contributed by atoms with Gasteiger partial charge in [-0.05, 0) is 47.1 Å². The highest BCUT2D eigenvalue weighted by atomic mass is 79.9. The molecule has 0 unspecified atom stereocenters. The lowest BCUT2D eigenvalue weighted by molar-refractivity contribution is 0.986. The standard InChI is InChI=1S/C15H14BrN3/c1-11-14(19-9-5-4-8-15(19)18-11)10-17-13-7-3-2-6-12(13)16/h2-9,17H,10H2,1H3. The summed E-state index contributed by atoms with van der Waals surface area (Å²) in [5.41, 5.74) is 4.33. The number of para-hydroxylation sites is 1. The first-order valence-electron chi connectivity index (χ1n) is 6.16. The minimum absolute atomic E-state index is 0.750. The molecule has 0 amide bonds. The van der Waals surface area contributed by atoms with Crippen LogP contribution in [0.2, 0.25) is 0 Å². The van der Waals surface area contributed by atoms with Gasteiger partial charge in [-0.3, -0.25) is 0 Å². The number of hydrogen-bond acceptors (Lipinski definition) is 2. The maximum atomic E-state index is 4.56. The number of aryl methyl sites for hydroxylation is 1. The van der Waals surface area contributed by atoms with Crippen molar-refractivity contribution >= 4 is 27.3 Å². The topological polar surface area (TPSA) is 29.3 Å². The molecule has 0 aliphatic rings. The van der Waals surface area contributed by atoms with Gasteiger partial charge in [0, 0.05) is 16.4 Å². The predicted octanol–water partition coefficient (Wildman–Crippen LogP) is 4.02. The fourth-order valence-corrected chi connectivity index (χ4v) is 2.59. The molecule has 96 valence electrons. The highest BCUT2D eigenvalue weighted by Gasteiger charge is 2.08. The van der Waals surface area contributed by atoms with E-state index in [1.54, 1.807) is 0 Å². The van der Waals surface area contributed by atoms with Crippen molar-refractivity contribution in [1.82, 2.24) is 9.38 Å². The Kier molecular flexibility index (Phi) is 3.25. The summed E-state index contributed by atoms with van der Waals surface area (Å²) >= 11 is 3.54. The van der Waals surface area contributed by atoms with Crippen molar-refractivity contribution in [2.45, 2.75) is 13.5 Å². The van der Waals surface area contributed by atoms with Gasteiger partial charge in [-0.1, -0.05) is 18.2 Å². The van der Waals surface area contributed by atoms with Crippen LogP contribution in [0, 0.1) is 6.92 Å². The molecule has 19 heavy (non-hydrogen) atoms. The third-order valence-electron chi connectivity index (χ3n) is 3.15. The van der Waals surface area contributed by atoms with Gasteiger partial charge >= 0.3 is 0 Å². The fourth-order valence-electron chi connectivity index (χ4n) is 2.16. The second kappa shape index (κ2) is 5.05. The Hall–Kier alpha value is -1.81. The highest BCUT2D eigenvalue weighted by Crippen LogP contribution is 2.22. The second-order valence-corrected chi connectivity index (χ2v) is 5.26. The number of anilines is 1. The zero-order valence-corrected chi connectivity index (χ0v) is 12.2. The average molecular weight is 316 g/mol. The first-order chi connectivity index (χ1) is 9.25. The summed E-state index contributed by atoms with van der Waals surface area (Å²) in [6.07, 6.45) is 2.05. The van der Waals surface area contributed by atoms with E-state index in [0.29, 0.717) is 0 Å². The Morgan fingerprint density at radius 2 is 1.95 bits per heavy atom. The number of fused-ring (bicyclic) bond motifs is 1. The smallest absolute Gasteiger partial charge is 0.137 e. The molecule has 2 aromatic heterocycles. The summed E-state index contributed by atoms with van der Waals surface area (Å²) in [6.45, 7) is 2.80. The van der Waals surface area contributed by atoms with E-state index in [0.717, 1.165) is 28.0 Å². The van der Waals surface area contributed by atoms with Crippen molar-refractivity contribution in [1.29, 1.82) is 0 Å². The number of hydrogen-bond donors (Lipinski definition) is 1. The van der Waals surface area contributed by atoms with Gasteiger partial charge in [-0.15, -0.1) is 0 Å². The molecule has 3 aromatic rings. The third-order valence-corrected chi connectivity index (χ3v) is 3.84. The maximum absolute atomic E-state index is 4.56. The summed E-state index contributed by atoms with van der Waals surface area (Å²) in [5, 5.41) is 3.44. The number of nitrogens with zero attached hydrogens (tertiary/aromatic N) is 2. The van der Waals surface area contributed by atoms with Crippen LogP contribution >= 0.6 is 15.9 Å². The van der Waals surface area contributed by atoms with Crippen LogP contribution in [0.3, 0.4) is 0 Å². The van der Waals surface area contributed by atoms with Crippen molar-refractivity contribution < 1.29 is 0 Å². The van der Waals surface area contributed by atoms with Crippen LogP contribution in [0.15, 0.2) is 53.1 Å². The van der Waals surface area contributed by atoms with Crippen LogP contribution in [0.4, 0.5) is 5.69 Å². The summed E-state index contributed by atoms with van der Waals surface area (Å²) in [7, 11) is 0. The van der Waals surface area contributed by atoms with E-state index in [4.69, 9.17) is 0 Å². The molecule has 0 aliphatic heterocycles. The number of rotatable bonds is 3. The van der Waals surface area contributed by atoms with E-state index in [-0.39, 0.29) is 0 Å². The molecule has 0 spiro atoms. The van der Waals surface area contributed by atoms with Crippen molar-refractivity contribution in [3.05, 3.63) is 64.5 Å². The number of aromatic nitrogens is 2. The zero-order chi connectivity index (χ0) is 13.2. The molecule has 0 bridgehead atoms. The first-order valence-corrected chi connectivity index (χ1v) is 6.96. The van der Waals surface area contributed by atoms with E-state index in [1.165, 1.54) is 5.69 Å². The molecular weight excluding hydrogens is 302 g/mol. The largest absolute Gasteiger partial charge is 0.378 e. The lowest BCUT2D eigenvalue weighted by Gasteiger charge is -2.09. The molecule has 3 nitrogen and oxygen atoms in total. The van der Waals surface area contributed by atoms with E-state index in [1.807, 2.05) is 49.5 Å². The van der Waals surface area contributed by atoms with E-state index < -0.39 is 0 Å². The SMILES string of the molecule is Cc1nc2ccccn2c1CNc1ccccc1Br. The van der Waals surface area contributed by atoms with Gasteiger partial charge in [0.15, 0.2) is 0 Å². The Bertz CT molecular complexity index is 718. The van der Waals surface area contributed by atoms with Gasteiger partial charge < -0.3 is 9.72 Å². The molecule has 0 fully saturated rings. The normalized spacial score (nSPS) is 10.8. The maximum Gasteiger partial charge on any atom is 0.137 e. The van der Waals surface area contributed by atoms with Gasteiger partial charge in [-0.2, -0.15) is 0 Å². The van der Waals surface area contributed by atoms with Crippen LogP contribution < -0.4 is 5.32 Å². The molecule has 3 rings (SSSR count). The van der Waals surface area contributed by atoms with E-state index in [2.05, 4.69) is 36.7 Å². The molecule has 2 heterocycles. The van der Waals surface area contributed by atoms with E-state index >= 15 is 0 Å². The number of nitrogens with one attached hydrogen (secondary N) is 1. The van der Waals surface area contributed by atoms with Crippen molar-refractivity contribution in [2.24, 2.45) is 0 Å². The van der Waals surface area contributed by atoms with Gasteiger partial charge in [0.2, 0.25) is 0 Å². The average Bonchev–Trinajstić information content (AvgIpc) is 2.74. The van der Waals surface area contributed by atoms with Gasteiger partial charge in [-0.25, -0.2) is 4.98 Å². The minimum atomic E-state index is 0.750. The van der Waals surface area contributed by atoms with Crippen LogP contribution in [-0.4, -0.2) is 9.38 Å². The zero-order valence-electron chi connectivity index (χ0n) is 10.6. The van der Waals surface area contributed by atoms with Crippen LogP contribution in [-0.2, 0) is 6.54 Å². The highest BCUT2D eigenvalue weighted by molar-refractivity contribution is 9.10. The molecular formula is C15H14BrN3. The number of pyridine rings is 1. The van der Waals surface area contributed by atoms with Crippen LogP contribution in [0.25, 0.3) is 5.65 Å². The Labute approximate surface area is 120 Å². The monoisotopic (exact) mass is 315 g/mol. The lowest BCUT2D eigenvalue weighted by atomic mass is 10.3. The second-order valence-electron chi connectivity index (χ2n) is 4.41. The Balaban J connectivity index is 1.90. The Morgan fingerprint density at radius 1 is 1.16 bits per heavy atom. The molecule has 4 heteroatoms. The van der Waals surface area contributed by atoms with Crippen LogP contribution in [0.1, 0.15) is 11.4 Å². The predicted molar refractivity (Wildman–Crippen MR) is 81.4 cm³/mol. The quantitative estimate of drug-likeness (QED) is 0.791. The summed E-state index contributed by atoms with van der Waals surface area (Å²) < 4.78 is 3.19. The molecule has 0 aliphatic carbocycles. The summed E-state index contributed by atoms with van der Waals surface area (Å²) in [4.78, 5) is 4.56. The van der Waals surface area contributed by atoms with Crippen molar-refractivity contribution in [2.75, 3.05) is 5.32 Å². The van der Waals surface area contributed by atoms with Gasteiger partial charge in [0.05, 0.1) is 17.9 Å². The number of benzene rings is 1.